The Morgan fingerprint density at radius 3 is 1.50 bits per heavy atom. The Labute approximate surface area is 155 Å². The summed E-state index contributed by atoms with van der Waals surface area (Å²) in [6, 6.07) is 0. The molecule has 0 bridgehead atoms. The van der Waals surface area contributed by atoms with E-state index < -0.39 is 36.4 Å². The SMILES string of the molecule is CCCCCCCCCCCCCOC(=O)C(O)(CC(=O)O)CC(=O)O. The number of hydrogen-bond acceptors (Lipinski definition) is 5. The van der Waals surface area contributed by atoms with Gasteiger partial charge in [0.1, 0.15) is 0 Å². The summed E-state index contributed by atoms with van der Waals surface area (Å²) in [4.78, 5) is 33.2. The van der Waals surface area contributed by atoms with Gasteiger partial charge in [-0.25, -0.2) is 4.79 Å². The van der Waals surface area contributed by atoms with Gasteiger partial charge in [-0.15, -0.1) is 0 Å². The van der Waals surface area contributed by atoms with Gasteiger partial charge in [-0.3, -0.25) is 9.59 Å². The van der Waals surface area contributed by atoms with Crippen LogP contribution in [0.4, 0.5) is 0 Å². The molecule has 0 aliphatic carbocycles. The van der Waals surface area contributed by atoms with E-state index in [0.717, 1.165) is 19.3 Å². The lowest BCUT2D eigenvalue weighted by atomic mass is 9.96. The largest absolute Gasteiger partial charge is 0.481 e. The smallest absolute Gasteiger partial charge is 0.339 e. The van der Waals surface area contributed by atoms with E-state index in [1.54, 1.807) is 0 Å². The molecule has 0 aromatic carbocycles. The van der Waals surface area contributed by atoms with Crippen LogP contribution in [-0.4, -0.2) is 45.4 Å². The van der Waals surface area contributed by atoms with Gasteiger partial charge in [0.05, 0.1) is 19.4 Å². The third-order valence-electron chi connectivity index (χ3n) is 4.25. The quantitative estimate of drug-likeness (QED) is 0.263. The van der Waals surface area contributed by atoms with Crippen LogP contribution >= 0.6 is 0 Å². The predicted octanol–water partition coefficient (Wildman–Crippen LogP) is 3.52. The molecule has 0 unspecified atom stereocenters. The molecule has 0 aromatic rings. The number of aliphatic carboxylic acids is 2. The van der Waals surface area contributed by atoms with Crippen molar-refractivity contribution in [3.8, 4) is 0 Å². The van der Waals surface area contributed by atoms with E-state index >= 15 is 0 Å². The number of carbonyl (C=O) groups is 3. The molecule has 0 spiro atoms. The summed E-state index contributed by atoms with van der Waals surface area (Å²) in [7, 11) is 0. The number of aliphatic hydroxyl groups is 1. The highest BCUT2D eigenvalue weighted by Gasteiger charge is 2.42. The fourth-order valence-electron chi connectivity index (χ4n) is 2.77. The number of carbonyl (C=O) groups excluding carboxylic acids is 1. The highest BCUT2D eigenvalue weighted by molar-refractivity contribution is 5.89. The Balaban J connectivity index is 3.79. The van der Waals surface area contributed by atoms with Crippen LogP contribution in [0.2, 0.25) is 0 Å². The predicted molar refractivity (Wildman–Crippen MR) is 96.9 cm³/mol. The van der Waals surface area contributed by atoms with Gasteiger partial charge in [-0.1, -0.05) is 71.1 Å². The van der Waals surface area contributed by atoms with Gasteiger partial charge in [0.15, 0.2) is 5.60 Å². The van der Waals surface area contributed by atoms with Crippen LogP contribution in [-0.2, 0) is 19.1 Å². The second kappa shape index (κ2) is 14.5. The summed E-state index contributed by atoms with van der Waals surface area (Å²) in [6.07, 6.45) is 10.6. The Morgan fingerprint density at radius 1 is 0.731 bits per heavy atom. The Hall–Kier alpha value is -1.63. The first-order chi connectivity index (χ1) is 12.3. The van der Waals surface area contributed by atoms with E-state index in [-0.39, 0.29) is 6.61 Å². The minimum absolute atomic E-state index is 0.0530. The van der Waals surface area contributed by atoms with Gasteiger partial charge in [-0.05, 0) is 6.42 Å². The maximum absolute atomic E-state index is 11.8. The number of unbranched alkanes of at least 4 members (excludes halogenated alkanes) is 10. The van der Waals surface area contributed by atoms with Crippen LogP contribution < -0.4 is 0 Å². The van der Waals surface area contributed by atoms with E-state index in [9.17, 15) is 19.5 Å². The highest BCUT2D eigenvalue weighted by atomic mass is 16.5. The first kappa shape index (κ1) is 24.4. The monoisotopic (exact) mass is 374 g/mol. The lowest BCUT2D eigenvalue weighted by molar-refractivity contribution is -0.175. The van der Waals surface area contributed by atoms with Crippen molar-refractivity contribution in [2.45, 2.75) is 96.0 Å². The molecular formula is C19H34O7. The van der Waals surface area contributed by atoms with Crippen molar-refractivity contribution in [3.05, 3.63) is 0 Å². The van der Waals surface area contributed by atoms with Crippen molar-refractivity contribution in [2.75, 3.05) is 6.61 Å². The molecule has 0 aliphatic heterocycles. The van der Waals surface area contributed by atoms with Crippen LogP contribution in [0.15, 0.2) is 0 Å². The molecule has 0 saturated carbocycles. The van der Waals surface area contributed by atoms with Gasteiger partial charge in [0.25, 0.3) is 0 Å². The third-order valence-corrected chi connectivity index (χ3v) is 4.25. The normalized spacial score (nSPS) is 11.3. The van der Waals surface area contributed by atoms with E-state index in [0.29, 0.717) is 6.42 Å². The summed E-state index contributed by atoms with van der Waals surface area (Å²) in [5, 5.41) is 27.4. The van der Waals surface area contributed by atoms with Crippen molar-refractivity contribution in [1.29, 1.82) is 0 Å². The Kier molecular flexibility index (Phi) is 13.6. The molecule has 0 fully saturated rings. The molecule has 0 aromatic heterocycles. The summed E-state index contributed by atoms with van der Waals surface area (Å²) in [5.74, 6) is -4.10. The number of esters is 1. The van der Waals surface area contributed by atoms with E-state index in [1.807, 2.05) is 0 Å². The van der Waals surface area contributed by atoms with Crippen molar-refractivity contribution in [3.63, 3.8) is 0 Å². The van der Waals surface area contributed by atoms with Crippen molar-refractivity contribution in [1.82, 2.24) is 0 Å². The third kappa shape index (κ3) is 12.7. The van der Waals surface area contributed by atoms with Gasteiger partial charge in [0, 0.05) is 0 Å². The first-order valence-corrected chi connectivity index (χ1v) is 9.65. The molecule has 7 heteroatoms. The molecule has 0 rings (SSSR count). The average Bonchev–Trinajstić information content (AvgIpc) is 2.54. The number of rotatable bonds is 17. The summed E-state index contributed by atoms with van der Waals surface area (Å²) in [6.45, 7) is 2.26. The molecule has 0 aliphatic rings. The standard InChI is InChI=1S/C19H34O7/c1-2-3-4-5-6-7-8-9-10-11-12-13-26-18(24)19(25,14-16(20)21)15-17(22)23/h25H,2-15H2,1H3,(H,20,21)(H,22,23). The van der Waals surface area contributed by atoms with Crippen LogP contribution in [0.1, 0.15) is 90.4 Å². The number of hydrogen-bond donors (Lipinski definition) is 3. The van der Waals surface area contributed by atoms with Crippen molar-refractivity contribution in [2.24, 2.45) is 0 Å². The number of carboxylic acid groups (broad SMARTS) is 2. The Morgan fingerprint density at radius 2 is 1.12 bits per heavy atom. The van der Waals surface area contributed by atoms with Crippen molar-refractivity contribution >= 4 is 17.9 Å². The average molecular weight is 374 g/mol. The molecule has 3 N–H and O–H groups in total. The van der Waals surface area contributed by atoms with E-state index in [4.69, 9.17) is 14.9 Å². The maximum Gasteiger partial charge on any atom is 0.339 e. The summed E-state index contributed by atoms with van der Waals surface area (Å²) in [5.41, 5.74) is -2.52. The zero-order valence-corrected chi connectivity index (χ0v) is 15.9. The second-order valence-corrected chi connectivity index (χ2v) is 6.84. The molecule has 0 amide bonds. The number of carboxylic acids is 2. The van der Waals surface area contributed by atoms with Gasteiger partial charge in [0.2, 0.25) is 0 Å². The van der Waals surface area contributed by atoms with Crippen LogP contribution in [0.3, 0.4) is 0 Å². The molecule has 0 radical (unpaired) electrons. The molecule has 0 saturated heterocycles. The van der Waals surface area contributed by atoms with Crippen LogP contribution in [0.25, 0.3) is 0 Å². The molecule has 152 valence electrons. The molecule has 0 atom stereocenters. The fraction of sp³-hybridized carbons (Fsp3) is 0.842. The van der Waals surface area contributed by atoms with Gasteiger partial charge in [-0.2, -0.15) is 0 Å². The Bertz CT molecular complexity index is 404. The zero-order valence-electron chi connectivity index (χ0n) is 15.9. The molecule has 7 nitrogen and oxygen atoms in total. The van der Waals surface area contributed by atoms with E-state index in [1.165, 1.54) is 44.9 Å². The fourth-order valence-corrected chi connectivity index (χ4v) is 2.77. The summed E-state index contributed by atoms with van der Waals surface area (Å²) >= 11 is 0. The van der Waals surface area contributed by atoms with Crippen molar-refractivity contribution < 1.29 is 34.4 Å². The second-order valence-electron chi connectivity index (χ2n) is 6.84. The minimum atomic E-state index is -2.52. The van der Waals surface area contributed by atoms with Gasteiger partial charge < -0.3 is 20.1 Å². The zero-order chi connectivity index (χ0) is 19.8. The van der Waals surface area contributed by atoms with Crippen LogP contribution in [0, 0.1) is 0 Å². The van der Waals surface area contributed by atoms with Crippen LogP contribution in [0.5, 0.6) is 0 Å². The summed E-state index contributed by atoms with van der Waals surface area (Å²) < 4.78 is 4.88. The lowest BCUT2D eigenvalue weighted by Gasteiger charge is -2.22. The molecule has 26 heavy (non-hydrogen) atoms. The maximum atomic E-state index is 11.8. The molecule has 0 heterocycles. The van der Waals surface area contributed by atoms with E-state index in [2.05, 4.69) is 6.92 Å². The highest BCUT2D eigenvalue weighted by Crippen LogP contribution is 2.18. The number of ether oxygens (including phenoxy) is 1. The van der Waals surface area contributed by atoms with Gasteiger partial charge >= 0.3 is 17.9 Å². The topological polar surface area (TPSA) is 121 Å². The first-order valence-electron chi connectivity index (χ1n) is 9.65. The lowest BCUT2D eigenvalue weighted by Crippen LogP contribution is -2.44. The molecular weight excluding hydrogens is 340 g/mol. The minimum Gasteiger partial charge on any atom is -0.481 e.